The summed E-state index contributed by atoms with van der Waals surface area (Å²) in [6, 6.07) is 18.6. The molecule has 110 valence electrons. The standard InChI is InChI=1S/C18H16N2O2/c1-12-10-16(18(21)22)17(13-6-3-2-4-7-13)20(12)15-9-5-8-14(19)11-15/h2-11H,19H2,1H3,(H,21,22). The Hall–Kier alpha value is -3.01. The highest BCUT2D eigenvalue weighted by Crippen LogP contribution is 2.31. The Labute approximate surface area is 128 Å². The maximum Gasteiger partial charge on any atom is 0.337 e. The molecule has 2 aromatic carbocycles. The SMILES string of the molecule is Cc1cc(C(=O)O)c(-c2ccccc2)n1-c1cccc(N)c1. The van der Waals surface area contributed by atoms with Crippen molar-refractivity contribution in [1.29, 1.82) is 0 Å². The molecule has 3 aromatic rings. The van der Waals surface area contributed by atoms with Crippen LogP contribution < -0.4 is 5.73 Å². The minimum absolute atomic E-state index is 0.283. The molecule has 0 aliphatic carbocycles. The van der Waals surface area contributed by atoms with E-state index in [0.717, 1.165) is 16.9 Å². The van der Waals surface area contributed by atoms with Gasteiger partial charge in [-0.3, -0.25) is 0 Å². The fourth-order valence-corrected chi connectivity index (χ4v) is 2.68. The van der Waals surface area contributed by atoms with Crippen LogP contribution in [0.2, 0.25) is 0 Å². The average Bonchev–Trinajstić information content (AvgIpc) is 2.86. The molecule has 0 aliphatic rings. The number of nitrogen functional groups attached to an aromatic ring is 1. The molecular weight excluding hydrogens is 276 g/mol. The number of carbonyl (C=O) groups is 1. The zero-order valence-electron chi connectivity index (χ0n) is 12.2. The minimum Gasteiger partial charge on any atom is -0.478 e. The molecule has 22 heavy (non-hydrogen) atoms. The van der Waals surface area contributed by atoms with E-state index in [9.17, 15) is 9.90 Å². The summed E-state index contributed by atoms with van der Waals surface area (Å²) in [4.78, 5) is 11.6. The fourth-order valence-electron chi connectivity index (χ4n) is 2.68. The highest BCUT2D eigenvalue weighted by atomic mass is 16.4. The van der Waals surface area contributed by atoms with Gasteiger partial charge >= 0.3 is 5.97 Å². The topological polar surface area (TPSA) is 68.2 Å². The van der Waals surface area contributed by atoms with Gasteiger partial charge in [0.05, 0.1) is 11.3 Å². The molecule has 0 unspecified atom stereocenters. The molecule has 1 heterocycles. The van der Waals surface area contributed by atoms with Crippen molar-refractivity contribution in [3.05, 3.63) is 71.9 Å². The van der Waals surface area contributed by atoms with Crippen LogP contribution >= 0.6 is 0 Å². The van der Waals surface area contributed by atoms with Crippen molar-refractivity contribution in [1.82, 2.24) is 4.57 Å². The number of aromatic carboxylic acids is 1. The van der Waals surface area contributed by atoms with Gasteiger partial charge in [-0.25, -0.2) is 4.79 Å². The number of nitrogens with two attached hydrogens (primary N) is 1. The molecule has 4 nitrogen and oxygen atoms in total. The van der Waals surface area contributed by atoms with Crippen LogP contribution in [0.4, 0.5) is 5.69 Å². The molecule has 3 rings (SSSR count). The Morgan fingerprint density at radius 3 is 2.41 bits per heavy atom. The Bertz CT molecular complexity index is 836. The molecule has 1 aromatic heterocycles. The van der Waals surface area contributed by atoms with E-state index in [-0.39, 0.29) is 5.56 Å². The quantitative estimate of drug-likeness (QED) is 0.723. The Morgan fingerprint density at radius 1 is 1.05 bits per heavy atom. The maximum absolute atomic E-state index is 11.6. The molecule has 0 saturated heterocycles. The third-order valence-electron chi connectivity index (χ3n) is 3.59. The summed E-state index contributed by atoms with van der Waals surface area (Å²) in [5, 5.41) is 9.53. The summed E-state index contributed by atoms with van der Waals surface area (Å²) >= 11 is 0. The van der Waals surface area contributed by atoms with Crippen LogP contribution in [0.25, 0.3) is 16.9 Å². The first kappa shape index (κ1) is 13.9. The summed E-state index contributed by atoms with van der Waals surface area (Å²) in [5.74, 6) is -0.940. The first-order valence-electron chi connectivity index (χ1n) is 6.95. The molecule has 4 heteroatoms. The van der Waals surface area contributed by atoms with E-state index in [1.165, 1.54) is 0 Å². The Morgan fingerprint density at radius 2 is 1.77 bits per heavy atom. The maximum atomic E-state index is 11.6. The van der Waals surface area contributed by atoms with Crippen LogP contribution in [-0.2, 0) is 0 Å². The molecule has 0 fully saturated rings. The number of aromatic nitrogens is 1. The lowest BCUT2D eigenvalue weighted by atomic mass is 10.1. The van der Waals surface area contributed by atoms with Gasteiger partial charge in [0.25, 0.3) is 0 Å². The van der Waals surface area contributed by atoms with Crippen LogP contribution in [0.3, 0.4) is 0 Å². The number of benzene rings is 2. The van der Waals surface area contributed by atoms with E-state index >= 15 is 0 Å². The predicted octanol–water partition coefficient (Wildman–Crippen LogP) is 3.73. The normalized spacial score (nSPS) is 10.6. The number of anilines is 1. The number of hydrogen-bond donors (Lipinski definition) is 2. The summed E-state index contributed by atoms with van der Waals surface area (Å²) in [5.41, 5.74) is 10.0. The van der Waals surface area contributed by atoms with Gasteiger partial charge in [-0.05, 0) is 36.8 Å². The largest absolute Gasteiger partial charge is 0.478 e. The number of rotatable bonds is 3. The molecule has 0 aliphatic heterocycles. The van der Waals surface area contributed by atoms with Crippen LogP contribution in [0, 0.1) is 6.92 Å². The first-order valence-corrected chi connectivity index (χ1v) is 6.95. The summed E-state index contributed by atoms with van der Waals surface area (Å²) in [6.45, 7) is 1.89. The number of carboxylic acids is 1. The van der Waals surface area contributed by atoms with E-state index in [0.29, 0.717) is 11.4 Å². The van der Waals surface area contributed by atoms with Gasteiger partial charge in [-0.1, -0.05) is 36.4 Å². The second-order valence-electron chi connectivity index (χ2n) is 5.15. The fraction of sp³-hybridized carbons (Fsp3) is 0.0556. The average molecular weight is 292 g/mol. The van der Waals surface area contributed by atoms with E-state index in [2.05, 4.69) is 0 Å². The third kappa shape index (κ3) is 2.35. The number of nitrogens with zero attached hydrogens (tertiary/aromatic N) is 1. The molecule has 0 bridgehead atoms. The lowest BCUT2D eigenvalue weighted by Gasteiger charge is -2.13. The van der Waals surface area contributed by atoms with Crippen LogP contribution in [-0.4, -0.2) is 15.6 Å². The molecule has 0 atom stereocenters. The van der Waals surface area contributed by atoms with Gasteiger partial charge in [0.2, 0.25) is 0 Å². The van der Waals surface area contributed by atoms with E-state index < -0.39 is 5.97 Å². The molecule has 0 spiro atoms. The summed E-state index contributed by atoms with van der Waals surface area (Å²) in [7, 11) is 0. The van der Waals surface area contributed by atoms with Gasteiger partial charge in [0.1, 0.15) is 0 Å². The van der Waals surface area contributed by atoms with E-state index in [1.807, 2.05) is 66.1 Å². The zero-order chi connectivity index (χ0) is 15.7. The van der Waals surface area contributed by atoms with Gasteiger partial charge < -0.3 is 15.4 Å². The first-order chi connectivity index (χ1) is 10.6. The van der Waals surface area contributed by atoms with Gasteiger partial charge in [-0.2, -0.15) is 0 Å². The van der Waals surface area contributed by atoms with Gasteiger partial charge in [0, 0.05) is 17.1 Å². The predicted molar refractivity (Wildman–Crippen MR) is 87.3 cm³/mol. The molecule has 0 radical (unpaired) electrons. The zero-order valence-corrected chi connectivity index (χ0v) is 12.2. The second-order valence-corrected chi connectivity index (χ2v) is 5.15. The van der Waals surface area contributed by atoms with Crippen molar-refractivity contribution >= 4 is 11.7 Å². The van der Waals surface area contributed by atoms with Gasteiger partial charge in [-0.15, -0.1) is 0 Å². The number of aryl methyl sites for hydroxylation is 1. The molecule has 0 saturated carbocycles. The second kappa shape index (κ2) is 5.41. The smallest absolute Gasteiger partial charge is 0.337 e. The minimum atomic E-state index is -0.940. The van der Waals surface area contributed by atoms with E-state index in [1.54, 1.807) is 6.07 Å². The Balaban J connectivity index is 2.33. The third-order valence-corrected chi connectivity index (χ3v) is 3.59. The lowest BCUT2D eigenvalue weighted by Crippen LogP contribution is -2.03. The van der Waals surface area contributed by atoms with Crippen molar-refractivity contribution in [2.75, 3.05) is 5.73 Å². The Kier molecular flexibility index (Phi) is 3.43. The molecule has 0 amide bonds. The van der Waals surface area contributed by atoms with Crippen LogP contribution in [0.5, 0.6) is 0 Å². The molecular formula is C18H16N2O2. The van der Waals surface area contributed by atoms with Crippen molar-refractivity contribution in [2.45, 2.75) is 6.92 Å². The van der Waals surface area contributed by atoms with Crippen molar-refractivity contribution < 1.29 is 9.90 Å². The summed E-state index contributed by atoms with van der Waals surface area (Å²) < 4.78 is 1.93. The van der Waals surface area contributed by atoms with E-state index in [4.69, 9.17) is 5.73 Å². The van der Waals surface area contributed by atoms with Crippen molar-refractivity contribution in [3.8, 4) is 16.9 Å². The number of carboxylic acid groups (broad SMARTS) is 1. The van der Waals surface area contributed by atoms with Crippen LogP contribution in [0.15, 0.2) is 60.7 Å². The molecule has 3 N–H and O–H groups in total. The van der Waals surface area contributed by atoms with Crippen molar-refractivity contribution in [3.63, 3.8) is 0 Å². The highest BCUT2D eigenvalue weighted by Gasteiger charge is 2.20. The van der Waals surface area contributed by atoms with Gasteiger partial charge in [0.15, 0.2) is 0 Å². The summed E-state index contributed by atoms with van der Waals surface area (Å²) in [6.07, 6.45) is 0. The number of hydrogen-bond acceptors (Lipinski definition) is 2. The lowest BCUT2D eigenvalue weighted by molar-refractivity contribution is 0.0698. The van der Waals surface area contributed by atoms with Crippen molar-refractivity contribution in [2.24, 2.45) is 0 Å². The highest BCUT2D eigenvalue weighted by molar-refractivity contribution is 5.96. The van der Waals surface area contributed by atoms with Crippen LogP contribution in [0.1, 0.15) is 16.1 Å². The monoisotopic (exact) mass is 292 g/mol.